The number of rotatable bonds is 2. The first kappa shape index (κ1) is 10.2. The summed E-state index contributed by atoms with van der Waals surface area (Å²) < 4.78 is 2.10. The first-order chi connectivity index (χ1) is 7.13. The van der Waals surface area contributed by atoms with Crippen LogP contribution in [0.5, 0.6) is 0 Å². The lowest BCUT2D eigenvalue weighted by atomic mass is 10.1. The van der Waals surface area contributed by atoms with Gasteiger partial charge in [-0.25, -0.2) is 4.98 Å². The van der Waals surface area contributed by atoms with Crippen LogP contribution in [-0.2, 0) is 6.54 Å². The fourth-order valence-corrected chi connectivity index (χ4v) is 1.88. The second-order valence-electron chi connectivity index (χ2n) is 4.24. The van der Waals surface area contributed by atoms with Crippen LogP contribution in [0.25, 0.3) is 5.65 Å². The van der Waals surface area contributed by atoms with Crippen LogP contribution in [0.15, 0.2) is 18.3 Å². The molecular weight excluding hydrogens is 186 g/mol. The molecule has 0 saturated heterocycles. The van der Waals surface area contributed by atoms with Crippen LogP contribution in [0.4, 0.5) is 0 Å². The zero-order valence-corrected chi connectivity index (χ0v) is 9.49. The molecular formula is C12H17N3. The number of nitrogens with two attached hydrogens (primary N) is 1. The predicted molar refractivity (Wildman–Crippen MR) is 61.9 cm³/mol. The molecule has 0 radical (unpaired) electrons. The summed E-state index contributed by atoms with van der Waals surface area (Å²) in [5.74, 6) is 0.420. The van der Waals surface area contributed by atoms with Gasteiger partial charge >= 0.3 is 0 Å². The van der Waals surface area contributed by atoms with Gasteiger partial charge in [-0.05, 0) is 24.5 Å². The molecule has 0 fully saturated rings. The molecule has 0 spiro atoms. The van der Waals surface area contributed by atoms with E-state index in [1.807, 2.05) is 6.07 Å². The minimum Gasteiger partial charge on any atom is -0.325 e. The van der Waals surface area contributed by atoms with Gasteiger partial charge in [0.2, 0.25) is 0 Å². The molecule has 2 rings (SSSR count). The van der Waals surface area contributed by atoms with E-state index >= 15 is 0 Å². The summed E-state index contributed by atoms with van der Waals surface area (Å²) in [6, 6.07) is 4.12. The molecule has 2 N–H and O–H groups in total. The molecule has 0 aliphatic heterocycles. The molecule has 3 nitrogen and oxygen atoms in total. The first-order valence-electron chi connectivity index (χ1n) is 5.31. The van der Waals surface area contributed by atoms with E-state index in [9.17, 15) is 0 Å². The monoisotopic (exact) mass is 203 g/mol. The Balaban J connectivity index is 2.74. The fraction of sp³-hybridized carbons (Fsp3) is 0.417. The molecule has 2 heterocycles. The van der Waals surface area contributed by atoms with Crippen molar-refractivity contribution in [2.75, 3.05) is 0 Å². The van der Waals surface area contributed by atoms with Crippen molar-refractivity contribution in [1.82, 2.24) is 9.38 Å². The average molecular weight is 203 g/mol. The molecule has 2 aromatic heterocycles. The van der Waals surface area contributed by atoms with E-state index in [1.165, 1.54) is 5.56 Å². The third-order valence-corrected chi connectivity index (χ3v) is 2.64. The van der Waals surface area contributed by atoms with E-state index in [-0.39, 0.29) is 0 Å². The van der Waals surface area contributed by atoms with Crippen LogP contribution >= 0.6 is 0 Å². The summed E-state index contributed by atoms with van der Waals surface area (Å²) in [4.78, 5) is 4.61. The van der Waals surface area contributed by atoms with Crippen molar-refractivity contribution in [3.05, 3.63) is 35.3 Å². The number of fused-ring (bicyclic) bond motifs is 1. The topological polar surface area (TPSA) is 43.3 Å². The van der Waals surface area contributed by atoms with E-state index < -0.39 is 0 Å². The molecule has 3 heteroatoms. The van der Waals surface area contributed by atoms with Gasteiger partial charge in [-0.2, -0.15) is 0 Å². The van der Waals surface area contributed by atoms with Gasteiger partial charge in [0.05, 0.1) is 11.4 Å². The van der Waals surface area contributed by atoms with Gasteiger partial charge in [-0.3, -0.25) is 0 Å². The van der Waals surface area contributed by atoms with E-state index in [0.717, 1.165) is 17.0 Å². The molecule has 0 bridgehead atoms. The number of pyridine rings is 1. The Morgan fingerprint density at radius 2 is 2.13 bits per heavy atom. The van der Waals surface area contributed by atoms with Crippen molar-refractivity contribution in [3.63, 3.8) is 0 Å². The second kappa shape index (κ2) is 3.66. The summed E-state index contributed by atoms with van der Waals surface area (Å²) in [5, 5.41) is 0. The van der Waals surface area contributed by atoms with Crippen molar-refractivity contribution >= 4 is 5.65 Å². The Labute approximate surface area is 89.9 Å². The minimum absolute atomic E-state index is 0.420. The normalized spacial score (nSPS) is 11.5. The number of imidazole rings is 1. The summed E-state index contributed by atoms with van der Waals surface area (Å²) in [5.41, 5.74) is 10.2. The fourth-order valence-electron chi connectivity index (χ4n) is 1.88. The molecule has 0 aliphatic carbocycles. The Bertz CT molecular complexity index is 483. The van der Waals surface area contributed by atoms with Gasteiger partial charge in [-0.1, -0.05) is 19.9 Å². The summed E-state index contributed by atoms with van der Waals surface area (Å²) >= 11 is 0. The van der Waals surface area contributed by atoms with Crippen molar-refractivity contribution < 1.29 is 0 Å². The molecule has 15 heavy (non-hydrogen) atoms. The number of nitrogens with zero attached hydrogens (tertiary/aromatic N) is 2. The van der Waals surface area contributed by atoms with Crippen LogP contribution in [0.3, 0.4) is 0 Å². The maximum atomic E-state index is 5.79. The van der Waals surface area contributed by atoms with Gasteiger partial charge in [0.25, 0.3) is 0 Å². The Morgan fingerprint density at radius 1 is 1.40 bits per heavy atom. The maximum Gasteiger partial charge on any atom is 0.137 e. The highest BCUT2D eigenvalue weighted by molar-refractivity contribution is 5.45. The van der Waals surface area contributed by atoms with Crippen LogP contribution in [0, 0.1) is 6.92 Å². The van der Waals surface area contributed by atoms with Gasteiger partial charge in [0.1, 0.15) is 5.65 Å². The molecule has 0 unspecified atom stereocenters. The number of aromatic nitrogens is 2. The molecule has 0 atom stereocenters. The zero-order valence-electron chi connectivity index (χ0n) is 9.49. The largest absolute Gasteiger partial charge is 0.325 e. The Kier molecular flexibility index (Phi) is 2.49. The molecule has 0 aromatic carbocycles. The summed E-state index contributed by atoms with van der Waals surface area (Å²) in [7, 11) is 0. The minimum atomic E-state index is 0.420. The van der Waals surface area contributed by atoms with E-state index in [0.29, 0.717) is 12.5 Å². The third-order valence-electron chi connectivity index (χ3n) is 2.64. The number of aryl methyl sites for hydroxylation is 1. The van der Waals surface area contributed by atoms with Crippen LogP contribution in [-0.4, -0.2) is 9.38 Å². The lowest BCUT2D eigenvalue weighted by Crippen LogP contribution is -2.05. The lowest BCUT2D eigenvalue weighted by Gasteiger charge is -2.04. The van der Waals surface area contributed by atoms with Crippen LogP contribution < -0.4 is 5.73 Å². The van der Waals surface area contributed by atoms with Crippen molar-refractivity contribution in [2.24, 2.45) is 5.73 Å². The van der Waals surface area contributed by atoms with Crippen LogP contribution in [0.2, 0.25) is 0 Å². The SMILES string of the molecule is Cc1ccc2nc(C(C)C)c(CN)n2c1. The molecule has 0 amide bonds. The van der Waals surface area contributed by atoms with Gasteiger partial charge in [0.15, 0.2) is 0 Å². The summed E-state index contributed by atoms with van der Waals surface area (Å²) in [6.45, 7) is 6.91. The molecule has 0 saturated carbocycles. The average Bonchev–Trinajstić information content (AvgIpc) is 2.55. The van der Waals surface area contributed by atoms with Crippen molar-refractivity contribution in [3.8, 4) is 0 Å². The molecule has 80 valence electrons. The smallest absolute Gasteiger partial charge is 0.137 e. The van der Waals surface area contributed by atoms with Gasteiger partial charge < -0.3 is 10.1 Å². The van der Waals surface area contributed by atoms with Gasteiger partial charge in [0, 0.05) is 12.7 Å². The standard InChI is InChI=1S/C12H17N3/c1-8(2)12-10(6-13)15-7-9(3)4-5-11(15)14-12/h4-5,7-8H,6,13H2,1-3H3. The van der Waals surface area contributed by atoms with Crippen molar-refractivity contribution in [2.45, 2.75) is 33.2 Å². The van der Waals surface area contributed by atoms with E-state index in [4.69, 9.17) is 5.73 Å². The summed E-state index contributed by atoms with van der Waals surface area (Å²) in [6.07, 6.45) is 2.09. The molecule has 0 aliphatic rings. The third kappa shape index (κ3) is 1.63. The quantitative estimate of drug-likeness (QED) is 0.813. The van der Waals surface area contributed by atoms with Crippen LogP contribution in [0.1, 0.15) is 36.7 Å². The lowest BCUT2D eigenvalue weighted by molar-refractivity contribution is 0.799. The maximum absolute atomic E-state index is 5.79. The van der Waals surface area contributed by atoms with E-state index in [1.54, 1.807) is 0 Å². The highest BCUT2D eigenvalue weighted by Crippen LogP contribution is 2.20. The predicted octanol–water partition coefficient (Wildman–Crippen LogP) is 2.22. The van der Waals surface area contributed by atoms with E-state index in [2.05, 4.69) is 42.4 Å². The van der Waals surface area contributed by atoms with Gasteiger partial charge in [-0.15, -0.1) is 0 Å². The Hall–Kier alpha value is -1.35. The highest BCUT2D eigenvalue weighted by atomic mass is 15.0. The highest BCUT2D eigenvalue weighted by Gasteiger charge is 2.13. The van der Waals surface area contributed by atoms with Crippen molar-refractivity contribution in [1.29, 1.82) is 0 Å². The number of hydrogen-bond acceptors (Lipinski definition) is 2. The first-order valence-corrected chi connectivity index (χ1v) is 5.31. The number of hydrogen-bond donors (Lipinski definition) is 1. The molecule has 2 aromatic rings. The Morgan fingerprint density at radius 3 is 2.73 bits per heavy atom. The zero-order chi connectivity index (χ0) is 11.0. The second-order valence-corrected chi connectivity index (χ2v) is 4.24.